The van der Waals surface area contributed by atoms with Gasteiger partial charge in [-0.25, -0.2) is 0 Å². The molecule has 5 nitrogen and oxygen atoms in total. The number of nitrogens with zero attached hydrogens (tertiary/aromatic N) is 3. The molecule has 0 atom stereocenters. The van der Waals surface area contributed by atoms with Crippen molar-refractivity contribution in [2.75, 3.05) is 24.2 Å². The first kappa shape index (κ1) is 19.9. The van der Waals surface area contributed by atoms with E-state index in [0.29, 0.717) is 0 Å². The Kier molecular flexibility index (Phi) is 5.87. The van der Waals surface area contributed by atoms with Gasteiger partial charge in [0.25, 0.3) is 5.69 Å². The van der Waals surface area contributed by atoms with Gasteiger partial charge in [0, 0.05) is 12.1 Å². The van der Waals surface area contributed by atoms with Crippen molar-refractivity contribution in [3.8, 4) is 16.1 Å². The van der Waals surface area contributed by atoms with E-state index in [1.54, 1.807) is 23.9 Å². The molecule has 2 aromatic carbocycles. The summed E-state index contributed by atoms with van der Waals surface area (Å²) < 4.78 is 2.28. The number of piperidine rings is 1. The van der Waals surface area contributed by atoms with Crippen LogP contribution in [0.15, 0.2) is 53.6 Å². The molecule has 0 spiro atoms. The summed E-state index contributed by atoms with van der Waals surface area (Å²) in [6.45, 7) is 4.20. The third-order valence-corrected chi connectivity index (χ3v) is 7.39. The highest BCUT2D eigenvalue weighted by molar-refractivity contribution is 7.98. The summed E-state index contributed by atoms with van der Waals surface area (Å²) in [6, 6.07) is 15.6. The first-order chi connectivity index (χ1) is 14.1. The quantitative estimate of drug-likeness (QED) is 0.230. The van der Waals surface area contributed by atoms with Crippen LogP contribution in [0.4, 0.5) is 10.8 Å². The summed E-state index contributed by atoms with van der Waals surface area (Å²) in [5.41, 5.74) is 3.54. The van der Waals surface area contributed by atoms with Gasteiger partial charge in [-0.15, -0.1) is 0 Å². The predicted octanol–water partition coefficient (Wildman–Crippen LogP) is 5.62. The lowest BCUT2D eigenvalue weighted by atomic mass is 10.1. The molecule has 150 valence electrons. The second kappa shape index (κ2) is 8.55. The summed E-state index contributed by atoms with van der Waals surface area (Å²) in [6.07, 6.45) is 5.78. The molecular formula is C22H24N3O2S2+. The highest BCUT2D eigenvalue weighted by Crippen LogP contribution is 2.39. The second-order valence-corrected chi connectivity index (χ2v) is 9.02. The van der Waals surface area contributed by atoms with Crippen LogP contribution in [0.3, 0.4) is 0 Å². The largest absolute Gasteiger partial charge is 0.342 e. The SMILES string of the molecule is CSc1c(-c2ccc(C)cc2)sc(N2CCCCC2)[n+]1-c1ccc([N+](=O)[O-])cc1. The molecule has 1 fully saturated rings. The monoisotopic (exact) mass is 426 g/mol. The Bertz CT molecular complexity index is 1010. The minimum Gasteiger partial charge on any atom is -0.258 e. The molecule has 0 aliphatic carbocycles. The summed E-state index contributed by atoms with van der Waals surface area (Å²) in [4.78, 5) is 14.5. The van der Waals surface area contributed by atoms with E-state index in [0.717, 1.165) is 18.8 Å². The Balaban J connectivity index is 1.88. The van der Waals surface area contributed by atoms with Crippen molar-refractivity contribution >= 4 is 33.9 Å². The van der Waals surface area contributed by atoms with Crippen molar-refractivity contribution in [2.24, 2.45) is 0 Å². The summed E-state index contributed by atoms with van der Waals surface area (Å²) >= 11 is 3.54. The van der Waals surface area contributed by atoms with Crippen LogP contribution in [-0.4, -0.2) is 24.3 Å². The third kappa shape index (κ3) is 4.02. The number of thioether (sulfide) groups is 1. The lowest BCUT2D eigenvalue weighted by molar-refractivity contribution is -0.617. The zero-order valence-corrected chi connectivity index (χ0v) is 18.3. The van der Waals surface area contributed by atoms with Crippen molar-refractivity contribution in [2.45, 2.75) is 31.2 Å². The van der Waals surface area contributed by atoms with Gasteiger partial charge in [0.15, 0.2) is 5.03 Å². The van der Waals surface area contributed by atoms with Gasteiger partial charge in [-0.1, -0.05) is 41.6 Å². The van der Waals surface area contributed by atoms with E-state index in [2.05, 4.69) is 46.9 Å². The van der Waals surface area contributed by atoms with Gasteiger partial charge in [0.1, 0.15) is 5.69 Å². The molecule has 0 unspecified atom stereocenters. The maximum atomic E-state index is 11.1. The molecule has 0 N–H and O–H groups in total. The van der Waals surface area contributed by atoms with Gasteiger partial charge in [0.2, 0.25) is 0 Å². The van der Waals surface area contributed by atoms with E-state index in [1.165, 1.54) is 45.4 Å². The number of rotatable bonds is 5. The number of nitro benzene ring substituents is 1. The minimum absolute atomic E-state index is 0.119. The van der Waals surface area contributed by atoms with Crippen LogP contribution in [0.1, 0.15) is 24.8 Å². The number of benzene rings is 2. The molecule has 1 aliphatic heterocycles. The van der Waals surface area contributed by atoms with Gasteiger partial charge in [-0.05, 0) is 61.5 Å². The van der Waals surface area contributed by atoms with Crippen molar-refractivity contribution in [1.82, 2.24) is 0 Å². The maximum absolute atomic E-state index is 11.1. The van der Waals surface area contributed by atoms with Gasteiger partial charge < -0.3 is 0 Å². The number of thiazole rings is 1. The van der Waals surface area contributed by atoms with E-state index in [-0.39, 0.29) is 10.6 Å². The van der Waals surface area contributed by atoms with Crippen LogP contribution in [0, 0.1) is 17.0 Å². The number of non-ortho nitro benzene ring substituents is 1. The number of anilines is 1. The van der Waals surface area contributed by atoms with Gasteiger partial charge >= 0.3 is 5.13 Å². The summed E-state index contributed by atoms with van der Waals surface area (Å²) in [5, 5.41) is 13.5. The molecule has 2 heterocycles. The van der Waals surface area contributed by atoms with E-state index in [1.807, 2.05) is 23.5 Å². The van der Waals surface area contributed by atoms with E-state index in [9.17, 15) is 10.1 Å². The van der Waals surface area contributed by atoms with E-state index in [4.69, 9.17) is 0 Å². The lowest BCUT2D eigenvalue weighted by Gasteiger charge is -2.21. The van der Waals surface area contributed by atoms with Crippen molar-refractivity contribution in [3.05, 3.63) is 64.2 Å². The van der Waals surface area contributed by atoms with Crippen LogP contribution in [-0.2, 0) is 0 Å². The summed E-state index contributed by atoms with van der Waals surface area (Å²) in [7, 11) is 0. The Morgan fingerprint density at radius 1 is 1.03 bits per heavy atom. The highest BCUT2D eigenvalue weighted by atomic mass is 32.2. The highest BCUT2D eigenvalue weighted by Gasteiger charge is 2.31. The van der Waals surface area contributed by atoms with Crippen molar-refractivity contribution in [3.63, 3.8) is 0 Å². The molecule has 3 aromatic rings. The Morgan fingerprint density at radius 2 is 1.69 bits per heavy atom. The van der Waals surface area contributed by atoms with Crippen LogP contribution < -0.4 is 9.47 Å². The Labute approximate surface area is 179 Å². The van der Waals surface area contributed by atoms with Crippen molar-refractivity contribution in [1.29, 1.82) is 0 Å². The first-order valence-corrected chi connectivity index (χ1v) is 11.8. The van der Waals surface area contributed by atoms with E-state index >= 15 is 0 Å². The molecule has 0 saturated carbocycles. The fourth-order valence-electron chi connectivity index (χ4n) is 3.68. The second-order valence-electron chi connectivity index (χ2n) is 7.25. The average Bonchev–Trinajstić information content (AvgIpc) is 3.14. The molecule has 0 radical (unpaired) electrons. The number of aromatic nitrogens is 1. The Hall–Kier alpha value is -2.38. The van der Waals surface area contributed by atoms with Crippen LogP contribution in [0.5, 0.6) is 0 Å². The normalized spacial score (nSPS) is 14.2. The molecule has 0 bridgehead atoms. The first-order valence-electron chi connectivity index (χ1n) is 9.78. The minimum atomic E-state index is -0.346. The molecule has 1 aromatic heterocycles. The van der Waals surface area contributed by atoms with Crippen LogP contribution >= 0.6 is 23.1 Å². The number of hydrogen-bond donors (Lipinski definition) is 0. The molecule has 7 heteroatoms. The van der Waals surface area contributed by atoms with Crippen LogP contribution in [0.2, 0.25) is 0 Å². The predicted molar refractivity (Wildman–Crippen MR) is 121 cm³/mol. The average molecular weight is 427 g/mol. The zero-order valence-electron chi connectivity index (χ0n) is 16.6. The molecule has 29 heavy (non-hydrogen) atoms. The van der Waals surface area contributed by atoms with Gasteiger partial charge in [-0.2, -0.15) is 4.57 Å². The van der Waals surface area contributed by atoms with Crippen molar-refractivity contribution < 1.29 is 9.49 Å². The van der Waals surface area contributed by atoms with Gasteiger partial charge in [-0.3, -0.25) is 15.0 Å². The van der Waals surface area contributed by atoms with E-state index < -0.39 is 0 Å². The molecule has 0 amide bonds. The van der Waals surface area contributed by atoms with Crippen LogP contribution in [0.25, 0.3) is 16.1 Å². The lowest BCUT2D eigenvalue weighted by Crippen LogP contribution is -2.41. The fourth-order valence-corrected chi connectivity index (χ4v) is 6.01. The Morgan fingerprint density at radius 3 is 2.28 bits per heavy atom. The zero-order chi connectivity index (χ0) is 20.4. The molecular weight excluding hydrogens is 402 g/mol. The topological polar surface area (TPSA) is 50.3 Å². The number of aryl methyl sites for hydroxylation is 1. The summed E-state index contributed by atoms with van der Waals surface area (Å²) in [5.74, 6) is 0. The van der Waals surface area contributed by atoms with Gasteiger partial charge in [0.05, 0.1) is 22.9 Å². The molecule has 1 saturated heterocycles. The third-order valence-electron chi connectivity index (χ3n) is 5.23. The smallest absolute Gasteiger partial charge is 0.258 e. The fraction of sp³-hybridized carbons (Fsp3) is 0.318. The number of hydrogen-bond acceptors (Lipinski definition) is 5. The maximum Gasteiger partial charge on any atom is 0.342 e. The molecule has 4 rings (SSSR count). The molecule has 1 aliphatic rings. The standard InChI is InChI=1S/C22H24N3O2S2/c1-16-6-8-17(9-7-16)20-21(28-2)24(18-10-12-19(13-11-18)25(26)27)22(29-20)23-14-4-3-5-15-23/h6-13H,3-5,14-15H2,1-2H3/q+1. The number of nitro groups is 1.